The van der Waals surface area contributed by atoms with Crippen molar-refractivity contribution in [3.05, 3.63) is 18.1 Å². The molecule has 1 unspecified atom stereocenters. The molecule has 0 aliphatic carbocycles. The highest BCUT2D eigenvalue weighted by molar-refractivity contribution is 5.68. The lowest BCUT2D eigenvalue weighted by molar-refractivity contribution is 0.0507. The Kier molecular flexibility index (Phi) is 5.91. The summed E-state index contributed by atoms with van der Waals surface area (Å²) in [6.45, 7) is 7.97. The number of carbonyl (C=O) groups is 1. The van der Waals surface area contributed by atoms with Crippen molar-refractivity contribution in [3.63, 3.8) is 0 Å². The second-order valence-corrected chi connectivity index (χ2v) is 5.66. The van der Waals surface area contributed by atoms with Crippen LogP contribution in [0, 0.1) is 11.3 Å². The molecular formula is C14H21N5O2. The highest BCUT2D eigenvalue weighted by Crippen LogP contribution is 2.07. The molecule has 0 fully saturated rings. The van der Waals surface area contributed by atoms with Crippen LogP contribution in [-0.4, -0.2) is 34.2 Å². The Morgan fingerprint density at radius 1 is 1.48 bits per heavy atom. The van der Waals surface area contributed by atoms with E-state index in [1.54, 1.807) is 6.07 Å². The van der Waals surface area contributed by atoms with E-state index in [0.717, 1.165) is 0 Å². The molecule has 1 aromatic rings. The number of hydrogen-bond acceptors (Lipinski definition) is 6. The van der Waals surface area contributed by atoms with E-state index in [4.69, 9.17) is 10.00 Å². The van der Waals surface area contributed by atoms with Gasteiger partial charge in [0.05, 0.1) is 0 Å². The molecule has 2 N–H and O–H groups in total. The number of ether oxygens (including phenoxy) is 1. The first-order valence-corrected chi connectivity index (χ1v) is 6.75. The van der Waals surface area contributed by atoms with Gasteiger partial charge in [0, 0.05) is 18.7 Å². The van der Waals surface area contributed by atoms with Crippen LogP contribution in [0.4, 0.5) is 10.6 Å². The van der Waals surface area contributed by atoms with Gasteiger partial charge in [-0.25, -0.2) is 14.8 Å². The normalized spacial score (nSPS) is 12.1. The van der Waals surface area contributed by atoms with Crippen LogP contribution in [-0.2, 0) is 4.74 Å². The number of rotatable bonds is 5. The van der Waals surface area contributed by atoms with Crippen LogP contribution in [0.3, 0.4) is 0 Å². The van der Waals surface area contributed by atoms with Gasteiger partial charge < -0.3 is 15.4 Å². The molecule has 114 valence electrons. The van der Waals surface area contributed by atoms with Gasteiger partial charge in [-0.3, -0.25) is 0 Å². The van der Waals surface area contributed by atoms with E-state index in [1.165, 1.54) is 6.33 Å². The van der Waals surface area contributed by atoms with Gasteiger partial charge in [0.25, 0.3) is 0 Å². The van der Waals surface area contributed by atoms with Crippen LogP contribution in [0.2, 0.25) is 0 Å². The van der Waals surface area contributed by atoms with Gasteiger partial charge in [0.15, 0.2) is 0 Å². The van der Waals surface area contributed by atoms with Gasteiger partial charge in [-0.1, -0.05) is 0 Å². The molecule has 0 spiro atoms. The van der Waals surface area contributed by atoms with Crippen LogP contribution in [0.25, 0.3) is 0 Å². The Balaban J connectivity index is 2.32. The Labute approximate surface area is 124 Å². The third-order valence-corrected chi connectivity index (χ3v) is 2.43. The maximum Gasteiger partial charge on any atom is 0.407 e. The number of hydrogen-bond donors (Lipinski definition) is 2. The zero-order valence-electron chi connectivity index (χ0n) is 12.8. The molecule has 0 saturated heterocycles. The van der Waals surface area contributed by atoms with Crippen LogP contribution in [0.5, 0.6) is 0 Å². The van der Waals surface area contributed by atoms with Crippen molar-refractivity contribution in [3.8, 4) is 6.07 Å². The predicted molar refractivity (Wildman–Crippen MR) is 78.7 cm³/mol. The monoisotopic (exact) mass is 291 g/mol. The van der Waals surface area contributed by atoms with E-state index in [-0.39, 0.29) is 6.04 Å². The van der Waals surface area contributed by atoms with E-state index in [9.17, 15) is 4.79 Å². The van der Waals surface area contributed by atoms with Crippen LogP contribution < -0.4 is 10.6 Å². The van der Waals surface area contributed by atoms with Crippen LogP contribution in [0.1, 0.15) is 39.8 Å². The summed E-state index contributed by atoms with van der Waals surface area (Å²) in [6.07, 6.45) is 1.61. The molecule has 1 atom stereocenters. The Morgan fingerprint density at radius 2 is 2.19 bits per heavy atom. The quantitative estimate of drug-likeness (QED) is 0.861. The minimum Gasteiger partial charge on any atom is -0.444 e. The third-order valence-electron chi connectivity index (χ3n) is 2.43. The van der Waals surface area contributed by atoms with Gasteiger partial charge in [0.2, 0.25) is 0 Å². The maximum absolute atomic E-state index is 11.6. The first kappa shape index (κ1) is 16.7. The fourth-order valence-electron chi connectivity index (χ4n) is 1.51. The molecule has 7 nitrogen and oxygen atoms in total. The molecule has 1 rings (SSSR count). The minimum atomic E-state index is -0.503. The summed E-state index contributed by atoms with van der Waals surface area (Å²) >= 11 is 0. The molecule has 0 bridgehead atoms. The number of aromatic nitrogens is 2. The molecule has 0 aliphatic heterocycles. The number of nitrogens with zero attached hydrogens (tertiary/aromatic N) is 3. The van der Waals surface area contributed by atoms with Crippen molar-refractivity contribution in [1.82, 2.24) is 15.3 Å². The van der Waals surface area contributed by atoms with Crippen molar-refractivity contribution in [1.29, 1.82) is 5.26 Å². The van der Waals surface area contributed by atoms with Crippen molar-refractivity contribution in [2.24, 2.45) is 0 Å². The molecule has 1 aromatic heterocycles. The zero-order chi connectivity index (χ0) is 15.9. The molecular weight excluding hydrogens is 270 g/mol. The van der Waals surface area contributed by atoms with Crippen molar-refractivity contribution < 1.29 is 9.53 Å². The summed E-state index contributed by atoms with van der Waals surface area (Å²) in [7, 11) is 0. The fourth-order valence-corrected chi connectivity index (χ4v) is 1.51. The Morgan fingerprint density at radius 3 is 2.81 bits per heavy atom. The molecule has 7 heteroatoms. The standard InChI is InChI=1S/C14H21N5O2/c1-10(19-13(20)21-14(2,3)4)5-6-16-12-7-11(8-15)17-9-18-12/h7,9-10H,5-6H2,1-4H3,(H,19,20)(H,16,17,18). The van der Waals surface area contributed by atoms with Gasteiger partial charge in [-0.05, 0) is 34.1 Å². The summed E-state index contributed by atoms with van der Waals surface area (Å²) in [4.78, 5) is 19.4. The van der Waals surface area contributed by atoms with E-state index in [1.807, 2.05) is 33.8 Å². The fraction of sp³-hybridized carbons (Fsp3) is 0.571. The number of anilines is 1. The highest BCUT2D eigenvalue weighted by Gasteiger charge is 2.17. The number of alkyl carbamates (subject to hydrolysis) is 1. The van der Waals surface area contributed by atoms with E-state index >= 15 is 0 Å². The Hall–Kier alpha value is -2.36. The van der Waals surface area contributed by atoms with Crippen LogP contribution >= 0.6 is 0 Å². The summed E-state index contributed by atoms with van der Waals surface area (Å²) in [5.74, 6) is 0.589. The van der Waals surface area contributed by atoms with Gasteiger partial charge in [-0.2, -0.15) is 5.26 Å². The summed E-state index contributed by atoms with van der Waals surface area (Å²) in [5, 5.41) is 14.6. The SMILES string of the molecule is CC(CCNc1cc(C#N)ncn1)NC(=O)OC(C)(C)C. The van der Waals surface area contributed by atoms with Crippen molar-refractivity contribution in [2.75, 3.05) is 11.9 Å². The van der Waals surface area contributed by atoms with Gasteiger partial charge in [0.1, 0.15) is 29.5 Å². The minimum absolute atomic E-state index is 0.0374. The first-order valence-electron chi connectivity index (χ1n) is 6.75. The third kappa shape index (κ3) is 7.11. The summed E-state index contributed by atoms with van der Waals surface area (Å²) < 4.78 is 5.18. The molecule has 1 heterocycles. The molecule has 0 aromatic carbocycles. The average molecular weight is 291 g/mol. The number of nitrogens with one attached hydrogen (secondary N) is 2. The first-order chi connectivity index (χ1) is 9.80. The summed E-state index contributed by atoms with van der Waals surface area (Å²) in [6, 6.07) is 3.49. The van der Waals surface area contributed by atoms with Crippen molar-refractivity contribution in [2.45, 2.75) is 45.8 Å². The van der Waals surface area contributed by atoms with E-state index < -0.39 is 11.7 Å². The topological polar surface area (TPSA) is 99.9 Å². The molecule has 0 radical (unpaired) electrons. The van der Waals surface area contributed by atoms with Crippen LogP contribution in [0.15, 0.2) is 12.4 Å². The molecule has 0 saturated carbocycles. The smallest absolute Gasteiger partial charge is 0.407 e. The van der Waals surface area contributed by atoms with Gasteiger partial charge in [-0.15, -0.1) is 0 Å². The molecule has 21 heavy (non-hydrogen) atoms. The largest absolute Gasteiger partial charge is 0.444 e. The highest BCUT2D eigenvalue weighted by atomic mass is 16.6. The van der Waals surface area contributed by atoms with Gasteiger partial charge >= 0.3 is 6.09 Å². The molecule has 1 amide bonds. The van der Waals surface area contributed by atoms with E-state index in [0.29, 0.717) is 24.5 Å². The predicted octanol–water partition coefficient (Wildman–Crippen LogP) is 2.06. The van der Waals surface area contributed by atoms with E-state index in [2.05, 4.69) is 20.6 Å². The van der Waals surface area contributed by atoms with Crippen molar-refractivity contribution >= 4 is 11.9 Å². The summed E-state index contributed by atoms with van der Waals surface area (Å²) in [5.41, 5.74) is -0.191. The second-order valence-electron chi connectivity index (χ2n) is 5.66. The average Bonchev–Trinajstić information content (AvgIpc) is 2.36. The number of carbonyl (C=O) groups excluding carboxylic acids is 1. The lowest BCUT2D eigenvalue weighted by Crippen LogP contribution is -2.38. The maximum atomic E-state index is 11.6. The number of nitriles is 1. The molecule has 0 aliphatic rings. The lowest BCUT2D eigenvalue weighted by atomic mass is 10.2. The lowest BCUT2D eigenvalue weighted by Gasteiger charge is -2.22. The number of amides is 1. The Bertz CT molecular complexity index is 519. The zero-order valence-corrected chi connectivity index (χ0v) is 12.8. The second kappa shape index (κ2) is 7.43.